The van der Waals surface area contributed by atoms with Crippen molar-refractivity contribution in [2.24, 2.45) is 0 Å². The van der Waals surface area contributed by atoms with Crippen molar-refractivity contribution >= 4 is 19.4 Å². The van der Waals surface area contributed by atoms with Gasteiger partial charge in [-0.25, -0.2) is 9.48 Å². The van der Waals surface area contributed by atoms with Gasteiger partial charge in [0.05, 0.1) is 5.32 Å². The van der Waals surface area contributed by atoms with Gasteiger partial charge in [-0.15, -0.1) is 5.10 Å². The van der Waals surface area contributed by atoms with Crippen LogP contribution >= 0.6 is 0 Å². The molecule has 0 unspecified atom stereocenters. The summed E-state index contributed by atoms with van der Waals surface area (Å²) in [6.45, 7) is 6.53. The average molecular weight is 239 g/mol. The lowest BCUT2D eigenvalue weighted by atomic mass is 9.77. The van der Waals surface area contributed by atoms with E-state index in [9.17, 15) is 9.90 Å². The molecule has 0 radical (unpaired) electrons. The van der Waals surface area contributed by atoms with Crippen molar-refractivity contribution in [1.82, 2.24) is 15.0 Å². The molecule has 1 aliphatic carbocycles. The number of carboxylic acids is 1. The van der Waals surface area contributed by atoms with Crippen molar-refractivity contribution in [3.8, 4) is 0 Å². The molecule has 16 heavy (non-hydrogen) atoms. The van der Waals surface area contributed by atoms with Crippen molar-refractivity contribution in [3.05, 3.63) is 6.20 Å². The van der Waals surface area contributed by atoms with Crippen LogP contribution in [0.25, 0.3) is 0 Å². The Kier molecular flexibility index (Phi) is 2.41. The van der Waals surface area contributed by atoms with E-state index in [0.717, 1.165) is 11.7 Å². The van der Waals surface area contributed by atoms with Crippen LogP contribution in [-0.4, -0.2) is 34.1 Å². The minimum absolute atomic E-state index is 0.664. The minimum atomic E-state index is -1.50. The van der Waals surface area contributed by atoms with Gasteiger partial charge in [0.1, 0.15) is 8.07 Å². The summed E-state index contributed by atoms with van der Waals surface area (Å²) in [7, 11) is -1.50. The summed E-state index contributed by atoms with van der Waals surface area (Å²) in [5.74, 6) is -0.786. The predicted octanol–water partition coefficient (Wildman–Crippen LogP) is 0.787. The average Bonchev–Trinajstić information content (AvgIpc) is 2.48. The van der Waals surface area contributed by atoms with Crippen LogP contribution in [0.1, 0.15) is 19.3 Å². The number of nitrogens with zero attached hydrogens (tertiary/aromatic N) is 3. The first kappa shape index (κ1) is 11.3. The lowest BCUT2D eigenvalue weighted by molar-refractivity contribution is -0.153. The Morgan fingerprint density at radius 1 is 1.50 bits per heavy atom. The number of aliphatic carboxylic acids is 1. The number of rotatable bonds is 3. The third-order valence-corrected chi connectivity index (χ3v) is 5.05. The lowest BCUT2D eigenvalue weighted by Gasteiger charge is -2.37. The number of aromatic nitrogens is 3. The van der Waals surface area contributed by atoms with Gasteiger partial charge < -0.3 is 5.11 Å². The summed E-state index contributed by atoms with van der Waals surface area (Å²) in [4.78, 5) is 11.3. The fraction of sp³-hybridized carbons (Fsp3) is 0.700. The molecular weight excluding hydrogens is 222 g/mol. The SMILES string of the molecule is C[Si](C)(C)c1cn(C2(C(=O)O)CCC2)nn1. The Balaban J connectivity index is 2.35. The largest absolute Gasteiger partial charge is 0.479 e. The van der Waals surface area contributed by atoms with Crippen molar-refractivity contribution in [2.45, 2.75) is 44.4 Å². The third-order valence-electron chi connectivity index (χ3n) is 3.28. The fourth-order valence-electron chi connectivity index (χ4n) is 1.87. The van der Waals surface area contributed by atoms with Gasteiger partial charge in [-0.05, 0) is 19.3 Å². The predicted molar refractivity (Wildman–Crippen MR) is 62.5 cm³/mol. The molecule has 0 amide bonds. The van der Waals surface area contributed by atoms with Crippen molar-refractivity contribution < 1.29 is 9.90 Å². The zero-order valence-electron chi connectivity index (χ0n) is 9.90. The summed E-state index contributed by atoms with van der Waals surface area (Å²) < 4.78 is 1.56. The Labute approximate surface area is 95.5 Å². The smallest absolute Gasteiger partial charge is 0.331 e. The topological polar surface area (TPSA) is 68.0 Å². The fourth-order valence-corrected chi connectivity index (χ4v) is 2.72. The Hall–Kier alpha value is -1.17. The van der Waals surface area contributed by atoms with Gasteiger partial charge in [0.15, 0.2) is 5.54 Å². The molecule has 1 N–H and O–H groups in total. The van der Waals surface area contributed by atoms with Crippen molar-refractivity contribution in [1.29, 1.82) is 0 Å². The van der Waals surface area contributed by atoms with Crippen LogP contribution in [0, 0.1) is 0 Å². The molecule has 5 nitrogen and oxygen atoms in total. The van der Waals surface area contributed by atoms with E-state index in [-0.39, 0.29) is 0 Å². The summed E-state index contributed by atoms with van der Waals surface area (Å²) in [5, 5.41) is 18.4. The minimum Gasteiger partial charge on any atom is -0.479 e. The van der Waals surface area contributed by atoms with Gasteiger partial charge in [-0.2, -0.15) is 0 Å². The summed E-state index contributed by atoms with van der Waals surface area (Å²) in [6, 6.07) is 0. The molecule has 1 heterocycles. The maximum Gasteiger partial charge on any atom is 0.331 e. The van der Waals surface area contributed by atoms with Gasteiger partial charge in [-0.3, -0.25) is 0 Å². The summed E-state index contributed by atoms with van der Waals surface area (Å²) >= 11 is 0. The highest BCUT2D eigenvalue weighted by molar-refractivity contribution is 6.88. The Morgan fingerprint density at radius 3 is 2.44 bits per heavy atom. The van der Waals surface area contributed by atoms with Crippen LogP contribution < -0.4 is 5.32 Å². The molecule has 1 aromatic rings. The van der Waals surface area contributed by atoms with Crippen LogP contribution in [-0.2, 0) is 10.3 Å². The molecule has 88 valence electrons. The lowest BCUT2D eigenvalue weighted by Crippen LogP contribution is -2.48. The highest BCUT2D eigenvalue weighted by Crippen LogP contribution is 2.38. The molecule has 1 saturated carbocycles. The summed E-state index contributed by atoms with van der Waals surface area (Å²) in [6.07, 6.45) is 4.11. The van der Waals surface area contributed by atoms with E-state index in [0.29, 0.717) is 12.8 Å². The number of carboxylic acid groups (broad SMARTS) is 1. The van der Waals surface area contributed by atoms with Crippen molar-refractivity contribution in [2.75, 3.05) is 0 Å². The quantitative estimate of drug-likeness (QED) is 0.792. The molecule has 0 atom stereocenters. The van der Waals surface area contributed by atoms with Crippen LogP contribution in [0.15, 0.2) is 6.20 Å². The highest BCUT2D eigenvalue weighted by atomic mass is 28.3. The molecule has 1 aliphatic rings. The van der Waals surface area contributed by atoms with E-state index in [1.165, 1.54) is 0 Å². The molecule has 1 aromatic heterocycles. The molecule has 0 aromatic carbocycles. The zero-order chi connectivity index (χ0) is 12.0. The number of hydrogen-bond donors (Lipinski definition) is 1. The normalized spacial score (nSPS) is 19.2. The molecule has 6 heteroatoms. The molecular formula is C10H17N3O2Si. The van der Waals surface area contributed by atoms with Crippen LogP contribution in [0.4, 0.5) is 0 Å². The van der Waals surface area contributed by atoms with E-state index in [2.05, 4.69) is 30.0 Å². The first-order valence-electron chi connectivity index (χ1n) is 5.53. The second-order valence-electron chi connectivity index (χ2n) is 5.49. The zero-order valence-corrected chi connectivity index (χ0v) is 10.9. The van der Waals surface area contributed by atoms with Gasteiger partial charge >= 0.3 is 5.97 Å². The second kappa shape index (κ2) is 3.41. The second-order valence-corrected chi connectivity index (χ2v) is 10.5. The first-order valence-corrected chi connectivity index (χ1v) is 9.03. The maximum atomic E-state index is 11.3. The van der Waals surface area contributed by atoms with E-state index in [4.69, 9.17) is 0 Å². The van der Waals surface area contributed by atoms with E-state index >= 15 is 0 Å². The van der Waals surface area contributed by atoms with Gasteiger partial charge in [-0.1, -0.05) is 24.9 Å². The molecule has 0 saturated heterocycles. The van der Waals surface area contributed by atoms with E-state index in [1.807, 2.05) is 6.20 Å². The Morgan fingerprint density at radius 2 is 2.12 bits per heavy atom. The van der Waals surface area contributed by atoms with Gasteiger partial charge in [0, 0.05) is 6.20 Å². The number of hydrogen-bond acceptors (Lipinski definition) is 3. The first-order chi connectivity index (χ1) is 7.36. The molecule has 0 aliphatic heterocycles. The molecule has 0 bridgehead atoms. The van der Waals surface area contributed by atoms with Crippen LogP contribution in [0.2, 0.25) is 19.6 Å². The third kappa shape index (κ3) is 1.57. The molecule has 0 spiro atoms. The van der Waals surface area contributed by atoms with Crippen LogP contribution in [0.5, 0.6) is 0 Å². The van der Waals surface area contributed by atoms with Crippen molar-refractivity contribution in [3.63, 3.8) is 0 Å². The van der Waals surface area contributed by atoms with Gasteiger partial charge in [0.2, 0.25) is 0 Å². The standard InChI is InChI=1S/C10H17N3O2Si/c1-16(2,3)8-7-13(12-11-8)10(9(14)15)5-4-6-10/h7H,4-6H2,1-3H3,(H,14,15). The van der Waals surface area contributed by atoms with E-state index < -0.39 is 19.6 Å². The van der Waals surface area contributed by atoms with Gasteiger partial charge in [0.25, 0.3) is 0 Å². The number of carbonyl (C=O) groups is 1. The molecule has 2 rings (SSSR count). The molecule has 1 fully saturated rings. The maximum absolute atomic E-state index is 11.3. The monoisotopic (exact) mass is 239 g/mol. The Bertz CT molecular complexity index is 418. The van der Waals surface area contributed by atoms with E-state index in [1.54, 1.807) is 4.68 Å². The highest BCUT2D eigenvalue weighted by Gasteiger charge is 2.47. The van der Waals surface area contributed by atoms with Crippen LogP contribution in [0.3, 0.4) is 0 Å². The summed E-state index contributed by atoms with van der Waals surface area (Å²) in [5.41, 5.74) is -0.815.